The van der Waals surface area contributed by atoms with E-state index < -0.39 is 11.9 Å². The summed E-state index contributed by atoms with van der Waals surface area (Å²) in [4.78, 5) is 3.96. The van der Waals surface area contributed by atoms with Gasteiger partial charge in [-0.1, -0.05) is 6.07 Å². The van der Waals surface area contributed by atoms with Crippen LogP contribution in [0, 0.1) is 0 Å². The second kappa shape index (κ2) is 4.37. The summed E-state index contributed by atoms with van der Waals surface area (Å²) < 4.78 is 38.2. The molecule has 0 aliphatic heterocycles. The SMILES string of the molecule is FC(F)(F)c1ccn(-c2ncccc2CCl)n1. The molecule has 3 nitrogen and oxygen atoms in total. The minimum absolute atomic E-state index is 0.157. The van der Waals surface area contributed by atoms with Crippen molar-refractivity contribution in [2.75, 3.05) is 0 Å². The molecule has 0 saturated carbocycles. The van der Waals surface area contributed by atoms with E-state index in [0.29, 0.717) is 11.4 Å². The quantitative estimate of drug-likeness (QED) is 0.778. The summed E-state index contributed by atoms with van der Waals surface area (Å²) in [6.45, 7) is 0. The Morgan fingerprint density at radius 2 is 2.06 bits per heavy atom. The van der Waals surface area contributed by atoms with E-state index >= 15 is 0 Å². The zero-order valence-electron chi connectivity index (χ0n) is 8.45. The van der Waals surface area contributed by atoms with Crippen molar-refractivity contribution in [2.45, 2.75) is 12.1 Å². The standard InChI is InChI=1S/C10H7ClF3N3/c11-6-7-2-1-4-15-9(7)17-5-3-8(16-17)10(12,13)14/h1-5H,6H2. The molecule has 0 fully saturated rings. The molecule has 0 spiro atoms. The summed E-state index contributed by atoms with van der Waals surface area (Å²) in [6.07, 6.45) is -1.78. The molecule has 0 unspecified atom stereocenters. The topological polar surface area (TPSA) is 30.7 Å². The molecule has 17 heavy (non-hydrogen) atoms. The fourth-order valence-corrected chi connectivity index (χ4v) is 1.54. The summed E-state index contributed by atoms with van der Waals surface area (Å²) in [5, 5.41) is 3.43. The number of rotatable bonds is 2. The van der Waals surface area contributed by atoms with E-state index in [0.717, 1.165) is 10.7 Å². The van der Waals surface area contributed by atoms with E-state index in [-0.39, 0.29) is 5.88 Å². The van der Waals surface area contributed by atoms with Gasteiger partial charge in [-0.15, -0.1) is 11.6 Å². The maximum atomic E-state index is 12.4. The van der Waals surface area contributed by atoms with Gasteiger partial charge in [0.1, 0.15) is 0 Å². The molecule has 0 aromatic carbocycles. The Hall–Kier alpha value is -1.56. The molecular weight excluding hydrogens is 255 g/mol. The Kier molecular flexibility index (Phi) is 3.06. The van der Waals surface area contributed by atoms with Crippen molar-refractivity contribution in [1.82, 2.24) is 14.8 Å². The van der Waals surface area contributed by atoms with Gasteiger partial charge in [0.15, 0.2) is 11.5 Å². The Morgan fingerprint density at radius 1 is 1.29 bits per heavy atom. The van der Waals surface area contributed by atoms with E-state index in [1.54, 1.807) is 12.1 Å². The van der Waals surface area contributed by atoms with Crippen LogP contribution in [0.2, 0.25) is 0 Å². The average molecular weight is 262 g/mol. The lowest BCUT2D eigenvalue weighted by atomic mass is 10.3. The zero-order valence-corrected chi connectivity index (χ0v) is 9.20. The normalized spacial score (nSPS) is 11.8. The van der Waals surface area contributed by atoms with Crippen LogP contribution in [0.25, 0.3) is 5.82 Å². The van der Waals surface area contributed by atoms with Crippen molar-refractivity contribution in [1.29, 1.82) is 0 Å². The lowest BCUT2D eigenvalue weighted by molar-refractivity contribution is -0.141. The third kappa shape index (κ3) is 2.41. The third-order valence-corrected chi connectivity index (χ3v) is 2.40. The fraction of sp³-hybridized carbons (Fsp3) is 0.200. The Bertz CT molecular complexity index is 522. The summed E-state index contributed by atoms with van der Waals surface area (Å²) in [5.41, 5.74) is -0.338. The van der Waals surface area contributed by atoms with Crippen LogP contribution in [-0.4, -0.2) is 14.8 Å². The van der Waals surface area contributed by atoms with Gasteiger partial charge in [0.05, 0.1) is 5.88 Å². The lowest BCUT2D eigenvalue weighted by Gasteiger charge is -2.05. The second-order valence-electron chi connectivity index (χ2n) is 3.26. The Balaban J connectivity index is 2.44. The van der Waals surface area contributed by atoms with Gasteiger partial charge < -0.3 is 0 Å². The van der Waals surface area contributed by atoms with Crippen molar-refractivity contribution < 1.29 is 13.2 Å². The van der Waals surface area contributed by atoms with Crippen molar-refractivity contribution in [2.24, 2.45) is 0 Å². The third-order valence-electron chi connectivity index (χ3n) is 2.11. The van der Waals surface area contributed by atoms with Gasteiger partial charge in [0, 0.05) is 18.0 Å². The van der Waals surface area contributed by atoms with Gasteiger partial charge >= 0.3 is 6.18 Å². The first kappa shape index (κ1) is 11.9. The number of nitrogens with zero attached hydrogens (tertiary/aromatic N) is 3. The van der Waals surface area contributed by atoms with E-state index in [1.807, 2.05) is 0 Å². The smallest absolute Gasteiger partial charge is 0.237 e. The maximum Gasteiger partial charge on any atom is 0.435 e. The summed E-state index contributed by atoms with van der Waals surface area (Å²) in [6, 6.07) is 4.24. The molecule has 0 aliphatic rings. The molecule has 0 radical (unpaired) electrons. The van der Waals surface area contributed by atoms with Crippen LogP contribution in [0.4, 0.5) is 13.2 Å². The first-order chi connectivity index (χ1) is 8.02. The summed E-state index contributed by atoms with van der Waals surface area (Å²) in [7, 11) is 0. The molecule has 0 saturated heterocycles. The Labute approximate surface area is 99.8 Å². The van der Waals surface area contributed by atoms with E-state index in [4.69, 9.17) is 11.6 Å². The summed E-state index contributed by atoms with van der Waals surface area (Å²) >= 11 is 5.68. The van der Waals surface area contributed by atoms with Gasteiger partial charge in [-0.2, -0.15) is 18.3 Å². The van der Waals surface area contributed by atoms with Gasteiger partial charge in [0.2, 0.25) is 0 Å². The minimum atomic E-state index is -4.46. The first-order valence-electron chi connectivity index (χ1n) is 4.65. The maximum absolute atomic E-state index is 12.4. The van der Waals surface area contributed by atoms with Crippen LogP contribution >= 0.6 is 11.6 Å². The summed E-state index contributed by atoms with van der Waals surface area (Å²) in [5.74, 6) is 0.461. The van der Waals surface area contributed by atoms with Gasteiger partial charge in [-0.25, -0.2) is 9.67 Å². The van der Waals surface area contributed by atoms with Crippen LogP contribution in [-0.2, 0) is 12.1 Å². The van der Waals surface area contributed by atoms with Crippen LogP contribution in [0.3, 0.4) is 0 Å². The molecule has 2 rings (SSSR count). The van der Waals surface area contributed by atoms with Gasteiger partial charge in [-0.3, -0.25) is 0 Å². The van der Waals surface area contributed by atoms with Crippen LogP contribution in [0.1, 0.15) is 11.3 Å². The van der Waals surface area contributed by atoms with Gasteiger partial charge in [0.25, 0.3) is 0 Å². The van der Waals surface area contributed by atoms with E-state index in [1.165, 1.54) is 12.4 Å². The molecule has 90 valence electrons. The monoisotopic (exact) mass is 261 g/mol. The van der Waals surface area contributed by atoms with Crippen molar-refractivity contribution in [3.63, 3.8) is 0 Å². The molecular formula is C10H7ClF3N3. The highest BCUT2D eigenvalue weighted by Crippen LogP contribution is 2.28. The number of alkyl halides is 4. The number of hydrogen-bond acceptors (Lipinski definition) is 2. The molecule has 0 N–H and O–H groups in total. The first-order valence-corrected chi connectivity index (χ1v) is 5.19. The van der Waals surface area contributed by atoms with Crippen molar-refractivity contribution in [3.05, 3.63) is 41.9 Å². The highest BCUT2D eigenvalue weighted by atomic mass is 35.5. The molecule has 0 amide bonds. The number of hydrogen-bond donors (Lipinski definition) is 0. The predicted octanol–water partition coefficient (Wildman–Crippen LogP) is 3.02. The highest BCUT2D eigenvalue weighted by molar-refractivity contribution is 6.17. The predicted molar refractivity (Wildman–Crippen MR) is 55.9 cm³/mol. The van der Waals surface area contributed by atoms with E-state index in [2.05, 4.69) is 10.1 Å². The van der Waals surface area contributed by atoms with E-state index in [9.17, 15) is 13.2 Å². The van der Waals surface area contributed by atoms with Crippen LogP contribution < -0.4 is 0 Å². The minimum Gasteiger partial charge on any atom is -0.237 e. The van der Waals surface area contributed by atoms with Crippen LogP contribution in [0.15, 0.2) is 30.6 Å². The molecule has 2 aromatic heterocycles. The molecule has 7 heteroatoms. The van der Waals surface area contributed by atoms with Gasteiger partial charge in [-0.05, 0) is 12.1 Å². The lowest BCUT2D eigenvalue weighted by Crippen LogP contribution is -2.08. The molecule has 2 aromatic rings. The molecule has 0 bridgehead atoms. The number of pyridine rings is 1. The Morgan fingerprint density at radius 3 is 2.65 bits per heavy atom. The number of aromatic nitrogens is 3. The zero-order chi connectivity index (χ0) is 12.5. The second-order valence-corrected chi connectivity index (χ2v) is 3.53. The van der Waals surface area contributed by atoms with Crippen molar-refractivity contribution >= 4 is 11.6 Å². The fourth-order valence-electron chi connectivity index (χ4n) is 1.33. The average Bonchev–Trinajstić information content (AvgIpc) is 2.77. The van der Waals surface area contributed by atoms with Crippen molar-refractivity contribution in [3.8, 4) is 5.82 Å². The van der Waals surface area contributed by atoms with Crippen LogP contribution in [0.5, 0.6) is 0 Å². The largest absolute Gasteiger partial charge is 0.435 e. The molecule has 2 heterocycles. The highest BCUT2D eigenvalue weighted by Gasteiger charge is 2.33. The molecule has 0 atom stereocenters. The number of halogens is 4. The molecule has 0 aliphatic carbocycles.